The first-order valence-electron chi connectivity index (χ1n) is 10.7. The van der Waals surface area contributed by atoms with Crippen molar-refractivity contribution in [3.05, 3.63) is 35.6 Å². The van der Waals surface area contributed by atoms with E-state index in [1.165, 1.54) is 6.07 Å². The van der Waals surface area contributed by atoms with Crippen LogP contribution in [0.1, 0.15) is 44.1 Å². The van der Waals surface area contributed by atoms with Crippen LogP contribution in [-0.2, 0) is 10.2 Å². The lowest BCUT2D eigenvalue weighted by Crippen LogP contribution is -2.42. The second-order valence-electron chi connectivity index (χ2n) is 8.37. The van der Waals surface area contributed by atoms with Crippen LogP contribution in [0, 0.1) is 11.7 Å². The molecule has 0 radical (unpaired) electrons. The van der Waals surface area contributed by atoms with Gasteiger partial charge in [-0.3, -0.25) is 9.79 Å². The molecule has 0 spiro atoms. The molecule has 1 aliphatic carbocycles. The number of rotatable bonds is 9. The van der Waals surface area contributed by atoms with Gasteiger partial charge in [0.2, 0.25) is 5.91 Å². The van der Waals surface area contributed by atoms with E-state index >= 15 is 0 Å². The van der Waals surface area contributed by atoms with Crippen molar-refractivity contribution in [2.75, 3.05) is 39.8 Å². The Morgan fingerprint density at radius 3 is 2.60 bits per heavy atom. The zero-order valence-corrected chi connectivity index (χ0v) is 20.2. The van der Waals surface area contributed by atoms with Crippen molar-refractivity contribution in [2.24, 2.45) is 16.6 Å². The fourth-order valence-corrected chi connectivity index (χ4v) is 4.12. The summed E-state index contributed by atoms with van der Waals surface area (Å²) in [6.07, 6.45) is 6.10. The van der Waals surface area contributed by atoms with Gasteiger partial charge < -0.3 is 21.3 Å². The Hall–Kier alpha value is -1.42. The number of halogens is 2. The molecule has 1 aromatic carbocycles. The molecule has 30 heavy (non-hydrogen) atoms. The lowest BCUT2D eigenvalue weighted by atomic mass is 9.96. The zero-order valence-electron chi connectivity index (χ0n) is 17.8. The molecule has 8 heteroatoms. The maximum absolute atomic E-state index is 13.5. The van der Waals surface area contributed by atoms with E-state index in [2.05, 4.69) is 20.5 Å². The van der Waals surface area contributed by atoms with Gasteiger partial charge in [0, 0.05) is 31.5 Å². The van der Waals surface area contributed by atoms with Gasteiger partial charge in [-0.1, -0.05) is 12.1 Å². The van der Waals surface area contributed by atoms with Gasteiger partial charge in [0.05, 0.1) is 0 Å². The van der Waals surface area contributed by atoms with Crippen LogP contribution < -0.4 is 16.4 Å². The largest absolute Gasteiger partial charge is 0.369 e. The number of piperidine rings is 1. The van der Waals surface area contributed by atoms with Crippen LogP contribution in [-0.4, -0.2) is 56.5 Å². The number of carbonyl (C=O) groups is 1. The number of benzene rings is 1. The summed E-state index contributed by atoms with van der Waals surface area (Å²) in [6.45, 7) is 4.62. The molecule has 0 unspecified atom stereocenters. The van der Waals surface area contributed by atoms with Crippen molar-refractivity contribution in [1.82, 2.24) is 15.5 Å². The number of aliphatic imine (C=N–C) groups is 1. The number of unbranched alkanes of at least 4 members (excludes halogenated alkanes) is 1. The van der Waals surface area contributed by atoms with E-state index in [0.29, 0.717) is 0 Å². The van der Waals surface area contributed by atoms with Crippen molar-refractivity contribution in [3.63, 3.8) is 0 Å². The van der Waals surface area contributed by atoms with Crippen molar-refractivity contribution in [3.8, 4) is 0 Å². The lowest BCUT2D eigenvalue weighted by Gasteiger charge is -2.30. The molecule has 1 aliphatic heterocycles. The maximum atomic E-state index is 13.5. The fraction of sp³-hybridized carbons (Fsp3) is 0.636. The van der Waals surface area contributed by atoms with Crippen LogP contribution in [0.2, 0.25) is 0 Å². The SMILES string of the molecule is CN=C(NCCCCN1CCC(C(N)=O)CC1)NCC1(c2cccc(F)c2)CC1.I. The van der Waals surface area contributed by atoms with Gasteiger partial charge in [-0.15, -0.1) is 24.0 Å². The summed E-state index contributed by atoms with van der Waals surface area (Å²) >= 11 is 0. The smallest absolute Gasteiger partial charge is 0.220 e. The number of nitrogens with one attached hydrogen (secondary N) is 2. The minimum Gasteiger partial charge on any atom is -0.369 e. The number of hydrogen-bond acceptors (Lipinski definition) is 3. The van der Waals surface area contributed by atoms with Crippen molar-refractivity contribution in [2.45, 2.75) is 43.9 Å². The molecule has 0 aromatic heterocycles. The van der Waals surface area contributed by atoms with E-state index in [0.717, 1.165) is 82.8 Å². The molecule has 1 saturated heterocycles. The van der Waals surface area contributed by atoms with Crippen LogP contribution in [0.4, 0.5) is 4.39 Å². The maximum Gasteiger partial charge on any atom is 0.220 e. The molecule has 0 bridgehead atoms. The summed E-state index contributed by atoms with van der Waals surface area (Å²) in [5.74, 6) is 0.535. The molecule has 1 heterocycles. The van der Waals surface area contributed by atoms with Gasteiger partial charge >= 0.3 is 0 Å². The molecule has 6 nitrogen and oxygen atoms in total. The predicted octanol–water partition coefficient (Wildman–Crippen LogP) is 2.62. The van der Waals surface area contributed by atoms with Gasteiger partial charge in [-0.05, 0) is 75.9 Å². The zero-order chi connectivity index (χ0) is 20.7. The van der Waals surface area contributed by atoms with E-state index in [4.69, 9.17) is 5.73 Å². The third-order valence-corrected chi connectivity index (χ3v) is 6.29. The van der Waals surface area contributed by atoms with Crippen LogP contribution in [0.15, 0.2) is 29.3 Å². The quantitative estimate of drug-likeness (QED) is 0.198. The van der Waals surface area contributed by atoms with Gasteiger partial charge in [-0.2, -0.15) is 0 Å². The number of guanidine groups is 1. The molecular formula is C22H35FIN5O. The monoisotopic (exact) mass is 531 g/mol. The van der Waals surface area contributed by atoms with Gasteiger partial charge in [0.1, 0.15) is 5.82 Å². The average Bonchev–Trinajstić information content (AvgIpc) is 3.51. The number of nitrogens with two attached hydrogens (primary N) is 1. The normalized spacial score (nSPS) is 19.1. The highest BCUT2D eigenvalue weighted by Gasteiger charge is 2.44. The van der Waals surface area contributed by atoms with E-state index in [1.807, 2.05) is 6.07 Å². The average molecular weight is 531 g/mol. The summed E-state index contributed by atoms with van der Waals surface area (Å²) < 4.78 is 13.5. The third-order valence-electron chi connectivity index (χ3n) is 6.29. The molecule has 1 saturated carbocycles. The first-order valence-corrected chi connectivity index (χ1v) is 10.7. The number of primary amides is 1. The van der Waals surface area contributed by atoms with E-state index in [-0.39, 0.29) is 47.0 Å². The van der Waals surface area contributed by atoms with Crippen molar-refractivity contribution >= 4 is 35.8 Å². The third kappa shape index (κ3) is 7.08. The van der Waals surface area contributed by atoms with Crippen molar-refractivity contribution < 1.29 is 9.18 Å². The highest BCUT2D eigenvalue weighted by Crippen LogP contribution is 2.47. The lowest BCUT2D eigenvalue weighted by molar-refractivity contribution is -0.123. The fourth-order valence-electron chi connectivity index (χ4n) is 4.12. The number of nitrogens with zero attached hydrogens (tertiary/aromatic N) is 2. The Morgan fingerprint density at radius 1 is 1.27 bits per heavy atom. The molecule has 2 aliphatic rings. The van der Waals surface area contributed by atoms with Crippen molar-refractivity contribution in [1.29, 1.82) is 0 Å². The first-order chi connectivity index (χ1) is 14.0. The number of hydrogen-bond donors (Lipinski definition) is 3. The van der Waals surface area contributed by atoms with E-state index in [9.17, 15) is 9.18 Å². The summed E-state index contributed by atoms with van der Waals surface area (Å²) in [5, 5.41) is 6.79. The summed E-state index contributed by atoms with van der Waals surface area (Å²) in [4.78, 5) is 18.0. The highest BCUT2D eigenvalue weighted by molar-refractivity contribution is 14.0. The Balaban J connectivity index is 0.00000320. The Kier molecular flexibility index (Phi) is 9.80. The van der Waals surface area contributed by atoms with E-state index in [1.54, 1.807) is 19.2 Å². The summed E-state index contributed by atoms with van der Waals surface area (Å²) in [7, 11) is 1.78. The molecule has 1 aromatic rings. The molecule has 3 rings (SSSR count). The molecule has 168 valence electrons. The van der Waals surface area contributed by atoms with Gasteiger partial charge in [0.15, 0.2) is 5.96 Å². The second kappa shape index (κ2) is 11.8. The Bertz CT molecular complexity index is 717. The molecule has 0 atom stereocenters. The minimum atomic E-state index is -0.171. The van der Waals surface area contributed by atoms with Crippen LogP contribution in [0.3, 0.4) is 0 Å². The first kappa shape index (κ1) is 24.8. The minimum absolute atomic E-state index is 0. The Morgan fingerprint density at radius 2 is 2.00 bits per heavy atom. The Labute approximate surface area is 196 Å². The summed E-state index contributed by atoms with van der Waals surface area (Å²) in [5.41, 5.74) is 6.50. The summed E-state index contributed by atoms with van der Waals surface area (Å²) in [6, 6.07) is 6.94. The number of amides is 1. The van der Waals surface area contributed by atoms with Gasteiger partial charge in [-0.25, -0.2) is 4.39 Å². The van der Waals surface area contributed by atoms with Gasteiger partial charge in [0.25, 0.3) is 0 Å². The predicted molar refractivity (Wildman–Crippen MR) is 130 cm³/mol. The molecular weight excluding hydrogens is 496 g/mol. The van der Waals surface area contributed by atoms with Crippen LogP contribution >= 0.6 is 24.0 Å². The van der Waals surface area contributed by atoms with E-state index < -0.39 is 0 Å². The highest BCUT2D eigenvalue weighted by atomic mass is 127. The number of likely N-dealkylation sites (tertiary alicyclic amines) is 1. The standard InChI is InChI=1S/C22H34FN5O.HI/c1-25-21(27-16-22(9-10-22)18-5-4-6-19(23)15-18)26-11-2-3-12-28-13-7-17(8-14-28)20(24)29;/h4-6,15,17H,2-3,7-14,16H2,1H3,(H2,24,29)(H2,25,26,27);1H. The molecule has 4 N–H and O–H groups in total. The topological polar surface area (TPSA) is 82.8 Å². The molecule has 1 amide bonds. The molecule has 2 fully saturated rings. The van der Waals surface area contributed by atoms with Crippen LogP contribution in [0.5, 0.6) is 0 Å². The second-order valence-corrected chi connectivity index (χ2v) is 8.37. The van der Waals surface area contributed by atoms with Crippen LogP contribution in [0.25, 0.3) is 0 Å². The number of carbonyl (C=O) groups excluding carboxylic acids is 1.